The van der Waals surface area contributed by atoms with Crippen molar-refractivity contribution >= 4 is 27.5 Å². The molecule has 2 N–H and O–H groups in total. The molecule has 0 spiro atoms. The average Bonchev–Trinajstić information content (AvgIpc) is 3.11. The lowest BCUT2D eigenvalue weighted by Gasteiger charge is -2.39. The molecule has 0 bridgehead atoms. The number of nitrogens with zero attached hydrogens (tertiary/aromatic N) is 3. The van der Waals surface area contributed by atoms with Crippen LogP contribution in [0, 0.1) is 0 Å². The Bertz CT molecular complexity index is 1210. The Hall–Kier alpha value is -2.73. The highest BCUT2D eigenvalue weighted by Gasteiger charge is 2.35. The number of rotatable bonds is 3. The van der Waals surface area contributed by atoms with Crippen molar-refractivity contribution in [1.82, 2.24) is 9.55 Å². The van der Waals surface area contributed by atoms with Gasteiger partial charge in [-0.1, -0.05) is 53.5 Å². The highest BCUT2D eigenvalue weighted by atomic mass is 79.9. The number of fused-ring (bicyclic) bond motifs is 3. The zero-order valence-corrected chi connectivity index (χ0v) is 18.6. The number of amides is 1. The zero-order chi connectivity index (χ0) is 21.0. The highest BCUT2D eigenvalue weighted by molar-refractivity contribution is 9.10. The van der Waals surface area contributed by atoms with E-state index in [-0.39, 0.29) is 17.2 Å². The van der Waals surface area contributed by atoms with Crippen LogP contribution < -0.4 is 5.73 Å². The Labute approximate surface area is 184 Å². The summed E-state index contributed by atoms with van der Waals surface area (Å²) in [6, 6.07) is 14.5. The summed E-state index contributed by atoms with van der Waals surface area (Å²) in [6.07, 6.45) is 5.36. The molecule has 5 nitrogen and oxygen atoms in total. The summed E-state index contributed by atoms with van der Waals surface area (Å²) >= 11 is 3.70. The normalized spacial score (nSPS) is 19.2. The molecule has 1 aliphatic heterocycles. The SMILES string of the molecule is C[C@@H]1N=C(c2ccccc2Br)c2cc(C3(C)CCC3)ccc2-n2cnc(C(N)=O)c21. The average molecular weight is 463 g/mol. The Morgan fingerprint density at radius 3 is 2.63 bits per heavy atom. The summed E-state index contributed by atoms with van der Waals surface area (Å²) in [5.41, 5.74) is 12.1. The van der Waals surface area contributed by atoms with E-state index in [1.54, 1.807) is 6.33 Å². The molecular weight excluding hydrogens is 440 g/mol. The molecule has 5 rings (SSSR count). The number of aliphatic imine (C=N–C) groups is 1. The molecule has 30 heavy (non-hydrogen) atoms. The minimum atomic E-state index is -0.532. The monoisotopic (exact) mass is 462 g/mol. The minimum absolute atomic E-state index is 0.210. The predicted molar refractivity (Wildman–Crippen MR) is 121 cm³/mol. The molecule has 1 aliphatic carbocycles. The van der Waals surface area contributed by atoms with Gasteiger partial charge in [0.25, 0.3) is 5.91 Å². The molecule has 1 aromatic heterocycles. The predicted octanol–water partition coefficient (Wildman–Crippen LogP) is 5.09. The standard InChI is InChI=1S/C24H23BrN4O/c1-14-22-21(23(26)30)27-13-29(22)19-9-8-15(24(2)10-5-11-24)12-17(19)20(28-14)16-6-3-4-7-18(16)25/h3-4,6-9,12-14H,5,10-11H2,1-2H3,(H2,26,30)/t14-/m0/s1. The van der Waals surface area contributed by atoms with Gasteiger partial charge in [-0.3, -0.25) is 14.4 Å². The summed E-state index contributed by atoms with van der Waals surface area (Å²) in [7, 11) is 0. The van der Waals surface area contributed by atoms with Crippen LogP contribution in [0.4, 0.5) is 0 Å². The largest absolute Gasteiger partial charge is 0.364 e. The van der Waals surface area contributed by atoms with Crippen LogP contribution in [0.3, 0.4) is 0 Å². The van der Waals surface area contributed by atoms with Crippen molar-refractivity contribution in [2.75, 3.05) is 0 Å². The lowest BCUT2D eigenvalue weighted by Crippen LogP contribution is -2.30. The molecule has 0 saturated heterocycles. The summed E-state index contributed by atoms with van der Waals surface area (Å²) in [6.45, 7) is 4.32. The van der Waals surface area contributed by atoms with E-state index in [0.717, 1.165) is 32.7 Å². The molecule has 2 heterocycles. The maximum Gasteiger partial charge on any atom is 0.269 e. The number of aromatic nitrogens is 2. The van der Waals surface area contributed by atoms with E-state index in [0.29, 0.717) is 0 Å². The first-order valence-corrected chi connectivity index (χ1v) is 11.0. The number of carbonyl (C=O) groups is 1. The fraction of sp³-hybridized carbons (Fsp3) is 0.292. The molecule has 1 atom stereocenters. The van der Waals surface area contributed by atoms with E-state index >= 15 is 0 Å². The fourth-order valence-corrected chi connectivity index (χ4v) is 5.11. The molecular formula is C24H23BrN4O. The van der Waals surface area contributed by atoms with Crippen molar-refractivity contribution in [2.24, 2.45) is 10.7 Å². The number of primary amides is 1. The smallest absolute Gasteiger partial charge is 0.269 e. The van der Waals surface area contributed by atoms with Crippen molar-refractivity contribution in [3.05, 3.63) is 81.3 Å². The Morgan fingerprint density at radius 2 is 1.97 bits per heavy atom. The maximum absolute atomic E-state index is 12.0. The Morgan fingerprint density at radius 1 is 1.20 bits per heavy atom. The van der Waals surface area contributed by atoms with E-state index in [2.05, 4.69) is 52.1 Å². The molecule has 1 saturated carbocycles. The zero-order valence-electron chi connectivity index (χ0n) is 17.0. The molecule has 0 radical (unpaired) electrons. The van der Waals surface area contributed by atoms with Crippen molar-refractivity contribution in [2.45, 2.75) is 44.6 Å². The molecule has 1 fully saturated rings. The number of hydrogen-bond acceptors (Lipinski definition) is 3. The molecule has 2 aromatic carbocycles. The lowest BCUT2D eigenvalue weighted by molar-refractivity contribution is 0.0994. The lowest BCUT2D eigenvalue weighted by atomic mass is 9.65. The third kappa shape index (κ3) is 2.85. The summed E-state index contributed by atoms with van der Waals surface area (Å²) in [5, 5.41) is 0. The van der Waals surface area contributed by atoms with Gasteiger partial charge in [-0.05, 0) is 48.9 Å². The second-order valence-electron chi connectivity index (χ2n) is 8.49. The number of halogens is 1. The van der Waals surface area contributed by atoms with Gasteiger partial charge in [0.1, 0.15) is 6.33 Å². The van der Waals surface area contributed by atoms with Crippen LogP contribution in [0.5, 0.6) is 0 Å². The van der Waals surface area contributed by atoms with Crippen LogP contribution in [0.1, 0.15) is 72.0 Å². The van der Waals surface area contributed by atoms with E-state index in [9.17, 15) is 4.79 Å². The maximum atomic E-state index is 12.0. The Balaban J connectivity index is 1.81. The number of imidazole rings is 1. The Kier molecular flexibility index (Phi) is 4.43. The molecule has 152 valence electrons. The third-order valence-corrected chi connectivity index (χ3v) is 7.24. The van der Waals surface area contributed by atoms with Crippen molar-refractivity contribution in [3.63, 3.8) is 0 Å². The molecule has 6 heteroatoms. The highest BCUT2D eigenvalue weighted by Crippen LogP contribution is 2.44. The first kappa shape index (κ1) is 19.2. The van der Waals surface area contributed by atoms with Gasteiger partial charge < -0.3 is 5.73 Å². The van der Waals surface area contributed by atoms with E-state index in [1.807, 2.05) is 29.7 Å². The minimum Gasteiger partial charge on any atom is -0.364 e. The van der Waals surface area contributed by atoms with Gasteiger partial charge in [-0.15, -0.1) is 0 Å². The van der Waals surface area contributed by atoms with Crippen LogP contribution in [-0.2, 0) is 5.41 Å². The van der Waals surface area contributed by atoms with Gasteiger partial charge in [-0.2, -0.15) is 0 Å². The van der Waals surface area contributed by atoms with Crippen molar-refractivity contribution in [1.29, 1.82) is 0 Å². The van der Waals surface area contributed by atoms with Gasteiger partial charge in [0.15, 0.2) is 5.69 Å². The van der Waals surface area contributed by atoms with Gasteiger partial charge in [0.2, 0.25) is 0 Å². The molecule has 0 unspecified atom stereocenters. The second-order valence-corrected chi connectivity index (χ2v) is 9.35. The third-order valence-electron chi connectivity index (χ3n) is 6.55. The van der Waals surface area contributed by atoms with Gasteiger partial charge in [0.05, 0.1) is 23.1 Å². The summed E-state index contributed by atoms with van der Waals surface area (Å²) in [5.74, 6) is -0.532. The van der Waals surface area contributed by atoms with Gasteiger partial charge >= 0.3 is 0 Å². The number of hydrogen-bond donors (Lipinski definition) is 1. The fourth-order valence-electron chi connectivity index (χ4n) is 4.64. The van der Waals surface area contributed by atoms with Crippen LogP contribution in [-0.4, -0.2) is 21.2 Å². The molecule has 1 amide bonds. The summed E-state index contributed by atoms with van der Waals surface area (Å²) < 4.78 is 2.96. The second kappa shape index (κ2) is 6.91. The molecule has 2 aliphatic rings. The topological polar surface area (TPSA) is 73.3 Å². The van der Waals surface area contributed by atoms with Crippen LogP contribution in [0.25, 0.3) is 5.69 Å². The number of benzene rings is 2. The van der Waals surface area contributed by atoms with Crippen LogP contribution in [0.2, 0.25) is 0 Å². The number of carbonyl (C=O) groups excluding carboxylic acids is 1. The van der Waals surface area contributed by atoms with Crippen LogP contribution >= 0.6 is 15.9 Å². The quantitative estimate of drug-likeness (QED) is 0.588. The van der Waals surface area contributed by atoms with Gasteiger partial charge in [0, 0.05) is 15.6 Å². The van der Waals surface area contributed by atoms with Crippen molar-refractivity contribution < 1.29 is 4.79 Å². The van der Waals surface area contributed by atoms with Crippen molar-refractivity contribution in [3.8, 4) is 5.69 Å². The molecule has 3 aromatic rings. The summed E-state index contributed by atoms with van der Waals surface area (Å²) in [4.78, 5) is 21.4. The first-order chi connectivity index (χ1) is 14.4. The first-order valence-electron chi connectivity index (χ1n) is 10.2. The van der Waals surface area contributed by atoms with E-state index in [4.69, 9.17) is 10.7 Å². The van der Waals surface area contributed by atoms with E-state index < -0.39 is 5.91 Å². The van der Waals surface area contributed by atoms with E-state index in [1.165, 1.54) is 24.8 Å². The number of nitrogens with two attached hydrogens (primary N) is 1. The van der Waals surface area contributed by atoms with Gasteiger partial charge in [-0.25, -0.2) is 4.98 Å². The van der Waals surface area contributed by atoms with Crippen LogP contribution in [0.15, 0.2) is 58.3 Å².